The average Bonchev–Trinajstić information content (AvgIpc) is 2.67. The van der Waals surface area contributed by atoms with E-state index >= 15 is 0 Å². The number of anilines is 1. The molecule has 28 heavy (non-hydrogen) atoms. The number of carbonyl (C=O) groups is 2. The Hall–Kier alpha value is -2.44. The Morgan fingerprint density at radius 3 is 2.46 bits per heavy atom. The minimum atomic E-state index is -0.441. The largest absolute Gasteiger partial charge is 0.450 e. The highest BCUT2D eigenvalue weighted by molar-refractivity contribution is 5.74. The van der Waals surface area contributed by atoms with E-state index in [9.17, 15) is 9.59 Å². The Morgan fingerprint density at radius 2 is 1.86 bits per heavy atom. The van der Waals surface area contributed by atoms with Crippen molar-refractivity contribution in [3.05, 3.63) is 30.3 Å². The van der Waals surface area contributed by atoms with E-state index in [-0.39, 0.29) is 18.1 Å². The number of hydrogen-bond donors (Lipinski definition) is 3. The van der Waals surface area contributed by atoms with Crippen LogP contribution in [0.15, 0.2) is 30.3 Å². The maximum atomic E-state index is 12.3. The number of ether oxygens (including phenoxy) is 1. The molecule has 0 aliphatic carbocycles. The van der Waals surface area contributed by atoms with Crippen molar-refractivity contribution in [2.75, 3.05) is 31.1 Å². The second-order valence-corrected chi connectivity index (χ2v) is 7.64. The summed E-state index contributed by atoms with van der Waals surface area (Å²) in [6.45, 7) is 8.50. The average molecular weight is 391 g/mol. The number of para-hydroxylation sites is 1. The number of nitrogens with zero attached hydrogens (tertiary/aromatic N) is 1. The molecule has 1 saturated heterocycles. The second-order valence-electron chi connectivity index (χ2n) is 7.64. The molecule has 7 heteroatoms. The molecule has 2 rings (SSSR count). The topological polar surface area (TPSA) is 82.7 Å². The van der Waals surface area contributed by atoms with Crippen LogP contribution in [0, 0.1) is 5.92 Å². The molecule has 1 unspecified atom stereocenters. The zero-order chi connectivity index (χ0) is 20.4. The number of rotatable bonds is 8. The quantitative estimate of drug-likeness (QED) is 0.637. The van der Waals surface area contributed by atoms with Crippen LogP contribution in [-0.4, -0.2) is 50.4 Å². The summed E-state index contributed by atoms with van der Waals surface area (Å²) in [7, 11) is 0. The number of hydrogen-bond acceptors (Lipinski definition) is 4. The summed E-state index contributed by atoms with van der Waals surface area (Å²) in [5.41, 5.74) is 1.23. The van der Waals surface area contributed by atoms with Gasteiger partial charge in [-0.3, -0.25) is 0 Å². The molecule has 0 radical (unpaired) electrons. The molecule has 0 spiro atoms. The van der Waals surface area contributed by atoms with Gasteiger partial charge in [0.1, 0.15) is 0 Å². The Kier molecular flexibility index (Phi) is 8.91. The molecule has 0 aromatic heterocycles. The smallest absolute Gasteiger partial charge is 0.407 e. The molecule has 1 aliphatic heterocycles. The first-order valence-electron chi connectivity index (χ1n) is 10.3. The number of benzene rings is 1. The van der Waals surface area contributed by atoms with Crippen LogP contribution >= 0.6 is 0 Å². The Bertz CT molecular complexity index is 601. The van der Waals surface area contributed by atoms with Crippen LogP contribution < -0.4 is 20.9 Å². The van der Waals surface area contributed by atoms with Crippen molar-refractivity contribution < 1.29 is 14.3 Å². The van der Waals surface area contributed by atoms with E-state index in [1.54, 1.807) is 6.92 Å². The van der Waals surface area contributed by atoms with E-state index in [0.717, 1.165) is 32.4 Å². The van der Waals surface area contributed by atoms with E-state index in [0.29, 0.717) is 19.1 Å². The molecular weight excluding hydrogens is 356 g/mol. The van der Waals surface area contributed by atoms with Crippen LogP contribution in [0.2, 0.25) is 0 Å². The number of nitrogens with one attached hydrogen (secondary N) is 3. The van der Waals surface area contributed by atoms with Gasteiger partial charge in [-0.25, -0.2) is 9.59 Å². The molecule has 1 fully saturated rings. The Labute approximate surface area is 168 Å². The molecule has 7 nitrogen and oxygen atoms in total. The molecule has 1 heterocycles. The van der Waals surface area contributed by atoms with Gasteiger partial charge in [-0.15, -0.1) is 0 Å². The third-order valence-corrected chi connectivity index (χ3v) is 4.81. The molecule has 0 saturated carbocycles. The van der Waals surface area contributed by atoms with Crippen LogP contribution in [-0.2, 0) is 4.74 Å². The van der Waals surface area contributed by atoms with Gasteiger partial charge < -0.3 is 25.6 Å². The molecule has 3 amide bonds. The van der Waals surface area contributed by atoms with Gasteiger partial charge in [0.05, 0.1) is 6.61 Å². The van der Waals surface area contributed by atoms with Gasteiger partial charge in [-0.1, -0.05) is 32.0 Å². The van der Waals surface area contributed by atoms with Crippen molar-refractivity contribution in [1.82, 2.24) is 16.0 Å². The summed E-state index contributed by atoms with van der Waals surface area (Å²) in [6.07, 6.45) is 2.16. The Balaban J connectivity index is 1.72. The first-order valence-corrected chi connectivity index (χ1v) is 10.3. The van der Waals surface area contributed by atoms with Crippen molar-refractivity contribution >= 4 is 17.8 Å². The zero-order valence-electron chi connectivity index (χ0n) is 17.2. The Morgan fingerprint density at radius 1 is 1.18 bits per heavy atom. The summed E-state index contributed by atoms with van der Waals surface area (Å²) in [5, 5.41) is 8.77. The zero-order valence-corrected chi connectivity index (χ0v) is 17.2. The van der Waals surface area contributed by atoms with E-state index in [1.165, 1.54) is 5.69 Å². The van der Waals surface area contributed by atoms with E-state index in [2.05, 4.69) is 46.8 Å². The molecule has 3 N–H and O–H groups in total. The van der Waals surface area contributed by atoms with E-state index in [1.807, 2.05) is 18.2 Å². The fourth-order valence-corrected chi connectivity index (χ4v) is 3.47. The monoisotopic (exact) mass is 390 g/mol. The standard InChI is InChI=1S/C21H34N4O3/c1-4-28-21(27)24-18(14-16(2)3)15-22-20(26)23-17-10-12-25(13-11-17)19-8-6-5-7-9-19/h5-9,16-18H,4,10-15H2,1-3H3,(H,24,27)(H2,22,23,26). The van der Waals surface area contributed by atoms with Crippen molar-refractivity contribution in [2.24, 2.45) is 5.92 Å². The highest BCUT2D eigenvalue weighted by Gasteiger charge is 2.21. The van der Waals surface area contributed by atoms with Crippen molar-refractivity contribution in [2.45, 2.75) is 52.1 Å². The molecule has 1 aromatic rings. The molecule has 1 atom stereocenters. The molecule has 0 bridgehead atoms. The maximum Gasteiger partial charge on any atom is 0.407 e. The summed E-state index contributed by atoms with van der Waals surface area (Å²) < 4.78 is 4.95. The van der Waals surface area contributed by atoms with Crippen LogP contribution in [0.1, 0.15) is 40.0 Å². The second kappa shape index (κ2) is 11.4. The van der Waals surface area contributed by atoms with Gasteiger partial charge >= 0.3 is 12.1 Å². The van der Waals surface area contributed by atoms with Gasteiger partial charge in [-0.2, -0.15) is 0 Å². The molecule has 1 aromatic carbocycles. The lowest BCUT2D eigenvalue weighted by Crippen LogP contribution is -2.51. The predicted molar refractivity (Wildman–Crippen MR) is 112 cm³/mol. The van der Waals surface area contributed by atoms with Crippen molar-refractivity contribution in [3.63, 3.8) is 0 Å². The van der Waals surface area contributed by atoms with Crippen molar-refractivity contribution in [3.8, 4) is 0 Å². The minimum absolute atomic E-state index is 0.148. The highest BCUT2D eigenvalue weighted by atomic mass is 16.5. The lowest BCUT2D eigenvalue weighted by atomic mass is 10.0. The first kappa shape index (κ1) is 21.9. The van der Waals surface area contributed by atoms with Crippen LogP contribution in [0.3, 0.4) is 0 Å². The summed E-state index contributed by atoms with van der Waals surface area (Å²) in [6, 6.07) is 10.2. The normalized spacial score (nSPS) is 15.8. The first-order chi connectivity index (χ1) is 13.5. The number of carbonyl (C=O) groups excluding carboxylic acids is 2. The van der Waals surface area contributed by atoms with Gasteiger partial charge in [-0.05, 0) is 44.2 Å². The van der Waals surface area contributed by atoms with Crippen LogP contribution in [0.25, 0.3) is 0 Å². The van der Waals surface area contributed by atoms with Gasteiger partial charge in [0.2, 0.25) is 0 Å². The predicted octanol–water partition coefficient (Wildman–Crippen LogP) is 3.12. The number of urea groups is 1. The van der Waals surface area contributed by atoms with Gasteiger partial charge in [0.15, 0.2) is 0 Å². The highest BCUT2D eigenvalue weighted by Crippen LogP contribution is 2.19. The number of amides is 3. The number of alkyl carbamates (subject to hydrolysis) is 1. The number of piperidine rings is 1. The fourth-order valence-electron chi connectivity index (χ4n) is 3.47. The van der Waals surface area contributed by atoms with Gasteiger partial charge in [0.25, 0.3) is 0 Å². The van der Waals surface area contributed by atoms with Gasteiger partial charge in [0, 0.05) is 37.4 Å². The summed E-state index contributed by atoms with van der Waals surface area (Å²) in [5.74, 6) is 0.402. The summed E-state index contributed by atoms with van der Waals surface area (Å²) in [4.78, 5) is 26.3. The third kappa shape index (κ3) is 7.66. The van der Waals surface area contributed by atoms with E-state index in [4.69, 9.17) is 4.74 Å². The van der Waals surface area contributed by atoms with E-state index < -0.39 is 6.09 Å². The molecular formula is C21H34N4O3. The summed E-state index contributed by atoms with van der Waals surface area (Å²) >= 11 is 0. The van der Waals surface area contributed by atoms with Crippen LogP contribution in [0.5, 0.6) is 0 Å². The molecule has 1 aliphatic rings. The minimum Gasteiger partial charge on any atom is -0.450 e. The van der Waals surface area contributed by atoms with Crippen molar-refractivity contribution in [1.29, 1.82) is 0 Å². The third-order valence-electron chi connectivity index (χ3n) is 4.81. The maximum absolute atomic E-state index is 12.3. The lowest BCUT2D eigenvalue weighted by Gasteiger charge is -2.34. The SMILES string of the molecule is CCOC(=O)NC(CNC(=O)NC1CCN(c2ccccc2)CC1)CC(C)C. The lowest BCUT2D eigenvalue weighted by molar-refractivity contribution is 0.146. The van der Waals surface area contributed by atoms with Crippen LogP contribution in [0.4, 0.5) is 15.3 Å². The fraction of sp³-hybridized carbons (Fsp3) is 0.619. The molecule has 156 valence electrons.